The first-order chi connectivity index (χ1) is 8.04. The number of ether oxygens (including phenoxy) is 1. The first kappa shape index (κ1) is 14.3. The molecule has 0 saturated carbocycles. The number of nitrogens with one attached hydrogen (secondary N) is 1. The molecule has 0 aliphatic heterocycles. The Morgan fingerprint density at radius 2 is 2.18 bits per heavy atom. The highest BCUT2D eigenvalue weighted by Gasteiger charge is 2.08. The summed E-state index contributed by atoms with van der Waals surface area (Å²) >= 11 is 3.49. The van der Waals surface area contributed by atoms with Crippen LogP contribution in [0, 0.1) is 0 Å². The van der Waals surface area contributed by atoms with Gasteiger partial charge in [-0.15, -0.1) is 0 Å². The second kappa shape index (κ2) is 6.82. The summed E-state index contributed by atoms with van der Waals surface area (Å²) in [6.07, 6.45) is 0. The van der Waals surface area contributed by atoms with Crippen molar-refractivity contribution < 1.29 is 4.74 Å². The van der Waals surface area contributed by atoms with Crippen molar-refractivity contribution in [3.8, 4) is 5.75 Å². The lowest BCUT2D eigenvalue weighted by molar-refractivity contribution is 0.344. The minimum Gasteiger partial charge on any atom is -0.489 e. The zero-order chi connectivity index (χ0) is 12.8. The molecule has 0 aromatic heterocycles. The average Bonchev–Trinajstić information content (AvgIpc) is 2.27. The van der Waals surface area contributed by atoms with Gasteiger partial charge >= 0.3 is 0 Å². The summed E-state index contributed by atoms with van der Waals surface area (Å²) in [5.74, 6) is 1.39. The lowest BCUT2D eigenvalue weighted by Crippen LogP contribution is -2.15. The molecule has 0 radical (unpaired) electrons. The topological polar surface area (TPSA) is 21.3 Å². The van der Waals surface area contributed by atoms with Crippen LogP contribution in [0.4, 0.5) is 0 Å². The second-order valence-corrected chi connectivity index (χ2v) is 5.32. The third kappa shape index (κ3) is 4.52. The Balaban J connectivity index is 2.73. The van der Waals surface area contributed by atoms with Gasteiger partial charge in [-0.1, -0.05) is 36.4 Å². The molecule has 0 spiro atoms. The summed E-state index contributed by atoms with van der Waals surface area (Å²) in [4.78, 5) is 0. The maximum atomic E-state index is 5.81. The quantitative estimate of drug-likeness (QED) is 0.808. The van der Waals surface area contributed by atoms with Gasteiger partial charge in [-0.3, -0.25) is 0 Å². The number of halogens is 1. The van der Waals surface area contributed by atoms with E-state index in [1.165, 1.54) is 5.56 Å². The molecule has 2 nitrogen and oxygen atoms in total. The summed E-state index contributed by atoms with van der Waals surface area (Å²) in [6.45, 7) is 9.63. The van der Waals surface area contributed by atoms with Crippen LogP contribution >= 0.6 is 15.9 Å². The van der Waals surface area contributed by atoms with E-state index in [2.05, 4.69) is 47.7 Å². The van der Waals surface area contributed by atoms with Crippen LogP contribution in [0.25, 0.3) is 0 Å². The molecular weight excluding hydrogens is 278 g/mol. The highest BCUT2D eigenvalue weighted by atomic mass is 79.9. The Bertz CT molecular complexity index is 388. The fraction of sp³-hybridized carbons (Fsp3) is 0.429. The van der Waals surface area contributed by atoms with Crippen molar-refractivity contribution in [3.63, 3.8) is 0 Å². The Hall–Kier alpha value is -0.800. The van der Waals surface area contributed by atoms with Gasteiger partial charge in [0.2, 0.25) is 0 Å². The minimum absolute atomic E-state index is 0.445. The van der Waals surface area contributed by atoms with E-state index >= 15 is 0 Å². The third-order valence-corrected chi connectivity index (χ3v) is 2.95. The molecule has 1 N–H and O–H groups in total. The van der Waals surface area contributed by atoms with E-state index in [-0.39, 0.29) is 0 Å². The van der Waals surface area contributed by atoms with E-state index in [1.807, 2.05) is 19.2 Å². The molecule has 3 heteroatoms. The maximum Gasteiger partial charge on any atom is 0.123 e. The molecular formula is C14H20BrNO. The molecule has 0 unspecified atom stereocenters. The van der Waals surface area contributed by atoms with Crippen LogP contribution in [0.2, 0.25) is 0 Å². The summed E-state index contributed by atoms with van der Waals surface area (Å²) in [5.41, 5.74) is 2.27. The fourth-order valence-electron chi connectivity index (χ4n) is 1.58. The van der Waals surface area contributed by atoms with Crippen LogP contribution in [0.3, 0.4) is 0 Å². The molecule has 0 bridgehead atoms. The zero-order valence-corrected chi connectivity index (χ0v) is 12.3. The number of likely N-dealkylation sites (N-methyl/N-ethyl adjacent to an activating group) is 1. The van der Waals surface area contributed by atoms with E-state index in [4.69, 9.17) is 4.74 Å². The van der Waals surface area contributed by atoms with Crippen LogP contribution in [0.5, 0.6) is 5.75 Å². The summed E-state index contributed by atoms with van der Waals surface area (Å²) in [6, 6.07) is 6.12. The van der Waals surface area contributed by atoms with E-state index in [0.717, 1.165) is 22.3 Å². The Morgan fingerprint density at radius 3 is 2.76 bits per heavy atom. The van der Waals surface area contributed by atoms with Gasteiger partial charge in [-0.25, -0.2) is 0 Å². The first-order valence-corrected chi connectivity index (χ1v) is 6.57. The molecule has 94 valence electrons. The smallest absolute Gasteiger partial charge is 0.123 e. The summed E-state index contributed by atoms with van der Waals surface area (Å²) in [5, 5.41) is 3.06. The van der Waals surface area contributed by atoms with Gasteiger partial charge < -0.3 is 10.1 Å². The molecule has 0 aliphatic carbocycles. The molecule has 0 amide bonds. The molecule has 1 aromatic carbocycles. The average molecular weight is 298 g/mol. The van der Waals surface area contributed by atoms with E-state index in [9.17, 15) is 0 Å². The monoisotopic (exact) mass is 297 g/mol. The third-order valence-electron chi connectivity index (χ3n) is 2.45. The lowest BCUT2D eigenvalue weighted by atomic mass is 10.0. The maximum absolute atomic E-state index is 5.81. The van der Waals surface area contributed by atoms with Crippen molar-refractivity contribution in [1.82, 2.24) is 5.32 Å². The van der Waals surface area contributed by atoms with Crippen LogP contribution in [-0.4, -0.2) is 20.2 Å². The predicted molar refractivity (Wildman–Crippen MR) is 76.8 cm³/mol. The molecule has 0 heterocycles. The second-order valence-electron chi connectivity index (χ2n) is 4.41. The molecule has 0 aliphatic rings. The summed E-state index contributed by atoms with van der Waals surface area (Å²) < 4.78 is 6.89. The zero-order valence-electron chi connectivity index (χ0n) is 10.7. The standard InChI is InChI=1S/C14H20BrNO/c1-10(2)13-7-12(15)5-6-14(13)17-9-11(3)8-16-4/h5-7,10,16H,3,8-9H2,1-2,4H3. The van der Waals surface area contributed by atoms with Gasteiger partial charge in [0.05, 0.1) is 0 Å². The number of benzene rings is 1. The van der Waals surface area contributed by atoms with E-state index in [1.54, 1.807) is 0 Å². The van der Waals surface area contributed by atoms with Gasteiger partial charge in [0.1, 0.15) is 12.4 Å². The SMILES string of the molecule is C=C(CNC)COc1ccc(Br)cc1C(C)C. The molecule has 0 atom stereocenters. The van der Waals surface area contributed by atoms with Crippen molar-refractivity contribution in [3.05, 3.63) is 40.4 Å². The Morgan fingerprint density at radius 1 is 1.47 bits per heavy atom. The number of hydrogen-bond donors (Lipinski definition) is 1. The van der Waals surface area contributed by atoms with Crippen LogP contribution in [0.15, 0.2) is 34.8 Å². The van der Waals surface area contributed by atoms with Crippen molar-refractivity contribution >= 4 is 15.9 Å². The van der Waals surface area contributed by atoms with Crippen molar-refractivity contribution in [2.75, 3.05) is 20.2 Å². The molecule has 17 heavy (non-hydrogen) atoms. The van der Waals surface area contributed by atoms with Crippen LogP contribution in [-0.2, 0) is 0 Å². The van der Waals surface area contributed by atoms with Crippen molar-refractivity contribution in [2.24, 2.45) is 0 Å². The summed E-state index contributed by atoms with van der Waals surface area (Å²) in [7, 11) is 1.91. The molecule has 1 rings (SSSR count). The Kier molecular flexibility index (Phi) is 5.72. The highest BCUT2D eigenvalue weighted by molar-refractivity contribution is 9.10. The molecule has 0 saturated heterocycles. The van der Waals surface area contributed by atoms with Crippen LogP contribution in [0.1, 0.15) is 25.3 Å². The fourth-order valence-corrected chi connectivity index (χ4v) is 1.96. The number of rotatable bonds is 6. The number of hydrogen-bond acceptors (Lipinski definition) is 2. The highest BCUT2D eigenvalue weighted by Crippen LogP contribution is 2.29. The lowest BCUT2D eigenvalue weighted by Gasteiger charge is -2.15. The van der Waals surface area contributed by atoms with Gasteiger partial charge in [0.25, 0.3) is 0 Å². The first-order valence-electron chi connectivity index (χ1n) is 5.78. The van der Waals surface area contributed by atoms with Crippen molar-refractivity contribution in [2.45, 2.75) is 19.8 Å². The predicted octanol–water partition coefficient (Wildman–Crippen LogP) is 3.73. The van der Waals surface area contributed by atoms with Gasteiger partial charge in [-0.2, -0.15) is 0 Å². The molecule has 0 fully saturated rings. The van der Waals surface area contributed by atoms with Gasteiger partial charge in [-0.05, 0) is 42.3 Å². The van der Waals surface area contributed by atoms with Gasteiger partial charge in [0.15, 0.2) is 0 Å². The van der Waals surface area contributed by atoms with Crippen molar-refractivity contribution in [1.29, 1.82) is 0 Å². The van der Waals surface area contributed by atoms with E-state index in [0.29, 0.717) is 12.5 Å². The molecule has 1 aromatic rings. The Labute approximate surface area is 112 Å². The minimum atomic E-state index is 0.445. The van der Waals surface area contributed by atoms with Gasteiger partial charge in [0, 0.05) is 11.0 Å². The van der Waals surface area contributed by atoms with E-state index < -0.39 is 0 Å². The van der Waals surface area contributed by atoms with Crippen LogP contribution < -0.4 is 10.1 Å². The normalized spacial score (nSPS) is 10.6. The largest absolute Gasteiger partial charge is 0.489 e.